The van der Waals surface area contributed by atoms with E-state index in [0.29, 0.717) is 11.5 Å². The Balaban J connectivity index is 2.03. The average molecular weight is 349 g/mol. The summed E-state index contributed by atoms with van der Waals surface area (Å²) < 4.78 is 8.88. The Labute approximate surface area is 149 Å². The molecule has 25 heavy (non-hydrogen) atoms. The Kier molecular flexibility index (Phi) is 4.59. The van der Waals surface area contributed by atoms with Crippen LogP contribution in [0.25, 0.3) is 28.2 Å². The molecule has 5 nitrogen and oxygen atoms in total. The lowest BCUT2D eigenvalue weighted by Crippen LogP contribution is -1.97. The van der Waals surface area contributed by atoms with Crippen molar-refractivity contribution in [3.05, 3.63) is 53.1 Å². The molecule has 6 heteroatoms. The number of rotatable bonds is 4. The number of hydrogen-bond donors (Lipinski definition) is 1. The van der Waals surface area contributed by atoms with Crippen molar-refractivity contribution >= 4 is 34.8 Å². The van der Waals surface area contributed by atoms with E-state index in [1.165, 1.54) is 23.4 Å². The van der Waals surface area contributed by atoms with Crippen LogP contribution in [-0.2, 0) is 4.79 Å². The molecule has 1 N–H and O–H groups in total. The smallest absolute Gasteiger partial charge is 0.346 e. The summed E-state index contributed by atoms with van der Waals surface area (Å²) in [5.41, 5.74) is 5.31. The fraction of sp³-hybridized carbons (Fsp3) is 0.158. The summed E-state index contributed by atoms with van der Waals surface area (Å²) in [6.45, 7) is 4.26. The molecule has 0 spiro atoms. The minimum Gasteiger partial charge on any atom is -0.477 e. The summed E-state index contributed by atoms with van der Waals surface area (Å²) in [5.74, 6) is -0.862. The largest absolute Gasteiger partial charge is 0.477 e. The number of carboxylic acid groups (broad SMARTS) is 1. The van der Waals surface area contributed by atoms with E-state index in [2.05, 4.69) is 28.7 Å². The molecule has 0 aliphatic rings. The topological polar surface area (TPSA) is 86.9 Å². The number of fused-ring (bicyclic) bond motifs is 1. The lowest BCUT2D eigenvalue weighted by atomic mass is 9.96. The van der Waals surface area contributed by atoms with Crippen molar-refractivity contribution in [3.63, 3.8) is 0 Å². The van der Waals surface area contributed by atoms with E-state index in [4.69, 9.17) is 10.4 Å². The lowest BCUT2D eigenvalue weighted by molar-refractivity contribution is -0.132. The first-order chi connectivity index (χ1) is 12.0. The van der Waals surface area contributed by atoms with Gasteiger partial charge < -0.3 is 5.11 Å². The Morgan fingerprint density at radius 2 is 1.84 bits per heavy atom. The highest BCUT2D eigenvalue weighted by atomic mass is 32.1. The molecule has 2 aromatic carbocycles. The predicted octanol–water partition coefficient (Wildman–Crippen LogP) is 4.47. The SMILES string of the molecule is CC(C)c1ccc(-c2ccc(/C=C(\C#N)C(=O)O)cc2)c2nsnc12. The maximum absolute atomic E-state index is 10.9. The van der Waals surface area contributed by atoms with Crippen LogP contribution in [0.3, 0.4) is 0 Å². The van der Waals surface area contributed by atoms with Crippen LogP contribution in [0.15, 0.2) is 42.0 Å². The van der Waals surface area contributed by atoms with Crippen LogP contribution in [-0.4, -0.2) is 19.8 Å². The van der Waals surface area contributed by atoms with E-state index in [-0.39, 0.29) is 5.57 Å². The molecule has 1 heterocycles. The molecule has 0 radical (unpaired) electrons. The molecule has 0 saturated carbocycles. The van der Waals surface area contributed by atoms with Gasteiger partial charge in [-0.25, -0.2) is 4.79 Å². The predicted molar refractivity (Wildman–Crippen MR) is 98.2 cm³/mol. The normalized spacial score (nSPS) is 11.7. The zero-order chi connectivity index (χ0) is 18.0. The Bertz CT molecular complexity index is 1010. The highest BCUT2D eigenvalue weighted by molar-refractivity contribution is 7.00. The van der Waals surface area contributed by atoms with E-state index in [1.807, 2.05) is 18.2 Å². The molecule has 0 aliphatic carbocycles. The van der Waals surface area contributed by atoms with E-state index in [1.54, 1.807) is 18.2 Å². The van der Waals surface area contributed by atoms with Gasteiger partial charge in [-0.15, -0.1) is 0 Å². The second-order valence-corrected chi connectivity index (χ2v) is 6.44. The van der Waals surface area contributed by atoms with Crippen LogP contribution >= 0.6 is 11.7 Å². The molecule has 3 aromatic rings. The zero-order valence-corrected chi connectivity index (χ0v) is 14.5. The minimum atomic E-state index is -1.23. The molecule has 0 atom stereocenters. The van der Waals surface area contributed by atoms with Crippen LogP contribution < -0.4 is 0 Å². The first-order valence-corrected chi connectivity index (χ1v) is 8.45. The van der Waals surface area contributed by atoms with E-state index in [0.717, 1.165) is 22.2 Å². The van der Waals surface area contributed by atoms with Crippen molar-refractivity contribution in [1.82, 2.24) is 8.75 Å². The Morgan fingerprint density at radius 1 is 1.16 bits per heavy atom. The van der Waals surface area contributed by atoms with Gasteiger partial charge in [0.1, 0.15) is 22.7 Å². The molecule has 0 saturated heterocycles. The highest BCUT2D eigenvalue weighted by Gasteiger charge is 2.14. The van der Waals surface area contributed by atoms with E-state index >= 15 is 0 Å². The minimum absolute atomic E-state index is 0.292. The van der Waals surface area contributed by atoms with Crippen molar-refractivity contribution in [2.75, 3.05) is 0 Å². The number of hydrogen-bond acceptors (Lipinski definition) is 5. The lowest BCUT2D eigenvalue weighted by Gasteiger charge is -2.09. The van der Waals surface area contributed by atoms with Crippen molar-refractivity contribution in [2.45, 2.75) is 19.8 Å². The first-order valence-electron chi connectivity index (χ1n) is 7.72. The summed E-state index contributed by atoms with van der Waals surface area (Å²) in [6.07, 6.45) is 1.36. The van der Waals surface area contributed by atoms with Crippen LogP contribution in [0.2, 0.25) is 0 Å². The zero-order valence-electron chi connectivity index (χ0n) is 13.7. The third-order valence-electron chi connectivity index (χ3n) is 3.95. The van der Waals surface area contributed by atoms with Crippen LogP contribution in [0, 0.1) is 11.3 Å². The highest BCUT2D eigenvalue weighted by Crippen LogP contribution is 2.32. The van der Waals surface area contributed by atoms with Gasteiger partial charge in [0.15, 0.2) is 0 Å². The molecule has 0 fully saturated rings. The van der Waals surface area contributed by atoms with Crippen molar-refractivity contribution in [2.24, 2.45) is 0 Å². The van der Waals surface area contributed by atoms with Gasteiger partial charge in [-0.1, -0.05) is 50.2 Å². The number of nitrogens with zero attached hydrogens (tertiary/aromatic N) is 3. The Morgan fingerprint density at radius 3 is 2.44 bits per heavy atom. The van der Waals surface area contributed by atoms with Crippen molar-refractivity contribution in [3.8, 4) is 17.2 Å². The van der Waals surface area contributed by atoms with Gasteiger partial charge >= 0.3 is 5.97 Å². The molecule has 0 unspecified atom stereocenters. The van der Waals surface area contributed by atoms with Gasteiger partial charge in [0, 0.05) is 5.56 Å². The monoisotopic (exact) mass is 349 g/mol. The maximum Gasteiger partial charge on any atom is 0.346 e. The standard InChI is InChI=1S/C19H15N3O2S/c1-11(2)15-7-8-16(18-17(15)21-25-22-18)13-5-3-12(4-6-13)9-14(10-20)19(23)24/h3-9,11H,1-2H3,(H,23,24)/b14-9+. The second kappa shape index (κ2) is 6.83. The molecule has 0 aliphatic heterocycles. The number of benzene rings is 2. The average Bonchev–Trinajstić information content (AvgIpc) is 3.08. The first kappa shape index (κ1) is 16.8. The van der Waals surface area contributed by atoms with Gasteiger partial charge in [-0.2, -0.15) is 14.0 Å². The van der Waals surface area contributed by atoms with E-state index in [9.17, 15) is 4.79 Å². The fourth-order valence-electron chi connectivity index (χ4n) is 2.65. The molecule has 3 rings (SSSR count). The summed E-state index contributed by atoms with van der Waals surface area (Å²) >= 11 is 1.20. The van der Waals surface area contributed by atoms with Gasteiger partial charge in [0.05, 0.1) is 11.7 Å². The molecule has 1 aromatic heterocycles. The number of carbonyl (C=O) groups is 1. The van der Waals surface area contributed by atoms with Crippen LogP contribution in [0.5, 0.6) is 0 Å². The molecular weight excluding hydrogens is 334 g/mol. The molecule has 0 bridgehead atoms. The third-order valence-corrected chi connectivity index (χ3v) is 4.48. The summed E-state index contributed by atoms with van der Waals surface area (Å²) in [7, 11) is 0. The van der Waals surface area contributed by atoms with E-state index < -0.39 is 5.97 Å². The quantitative estimate of drug-likeness (QED) is 0.554. The van der Waals surface area contributed by atoms with Crippen molar-refractivity contribution < 1.29 is 9.90 Å². The second-order valence-electron chi connectivity index (χ2n) is 5.92. The molecule has 124 valence electrons. The van der Waals surface area contributed by atoms with Crippen molar-refractivity contribution in [1.29, 1.82) is 5.26 Å². The Hall–Kier alpha value is -3.04. The number of nitriles is 1. The molecule has 0 amide bonds. The van der Waals surface area contributed by atoms with Crippen LogP contribution in [0.1, 0.15) is 30.9 Å². The summed E-state index contributed by atoms with van der Waals surface area (Å²) in [5, 5.41) is 17.8. The van der Waals surface area contributed by atoms with Gasteiger partial charge in [-0.3, -0.25) is 0 Å². The number of carboxylic acids is 1. The van der Waals surface area contributed by atoms with Gasteiger partial charge in [0.25, 0.3) is 0 Å². The maximum atomic E-state index is 10.9. The van der Waals surface area contributed by atoms with Gasteiger partial charge in [0.2, 0.25) is 0 Å². The number of aromatic nitrogens is 2. The number of aliphatic carboxylic acids is 1. The van der Waals surface area contributed by atoms with Gasteiger partial charge in [-0.05, 0) is 28.7 Å². The summed E-state index contributed by atoms with van der Waals surface area (Å²) in [6, 6.07) is 13.2. The fourth-order valence-corrected chi connectivity index (χ4v) is 3.23. The molecular formula is C19H15N3O2S. The third kappa shape index (κ3) is 3.28. The van der Waals surface area contributed by atoms with Crippen LogP contribution in [0.4, 0.5) is 0 Å². The summed E-state index contributed by atoms with van der Waals surface area (Å²) in [4.78, 5) is 10.9.